The fourth-order valence-electron chi connectivity index (χ4n) is 4.12. The van der Waals surface area contributed by atoms with E-state index in [1.807, 2.05) is 17.4 Å². The zero-order valence-electron chi connectivity index (χ0n) is 16.5. The summed E-state index contributed by atoms with van der Waals surface area (Å²) in [5, 5.41) is 3.72. The number of ether oxygens (including phenoxy) is 2. The first-order valence-corrected chi connectivity index (χ1v) is 11.3. The monoisotopic (exact) mass is 424 g/mol. The molecular weight excluding hydrogens is 400 g/mol. The number of likely N-dealkylation sites (N-methyl/N-ethyl adjacent to an activating group) is 1. The Hall–Kier alpha value is -2.15. The van der Waals surface area contributed by atoms with Crippen LogP contribution in [0.25, 0.3) is 10.1 Å². The molecule has 2 aromatic carbocycles. The second kappa shape index (κ2) is 7.94. The van der Waals surface area contributed by atoms with Crippen LogP contribution in [0.2, 0.25) is 0 Å². The number of thiophene rings is 1. The van der Waals surface area contributed by atoms with Gasteiger partial charge in [-0.3, -0.25) is 0 Å². The van der Waals surface area contributed by atoms with Crippen molar-refractivity contribution in [1.29, 1.82) is 0 Å². The minimum absolute atomic E-state index is 0.308. The number of hydrogen-bond acceptors (Lipinski definition) is 5. The molecule has 0 N–H and O–H groups in total. The molecule has 0 atom stereocenters. The van der Waals surface area contributed by atoms with Crippen molar-refractivity contribution in [3.8, 4) is 11.5 Å². The van der Waals surface area contributed by atoms with Gasteiger partial charge in [-0.05, 0) is 66.5 Å². The van der Waals surface area contributed by atoms with E-state index in [0.29, 0.717) is 6.79 Å². The summed E-state index contributed by atoms with van der Waals surface area (Å²) in [7, 11) is 2.21. The van der Waals surface area contributed by atoms with Crippen molar-refractivity contribution in [1.82, 2.24) is 9.80 Å². The number of fused-ring (bicyclic) bond motifs is 3. The Morgan fingerprint density at radius 2 is 1.97 bits per heavy atom. The third-order valence-corrected chi connectivity index (χ3v) is 7.26. The molecule has 0 aliphatic carbocycles. The van der Waals surface area contributed by atoms with Crippen molar-refractivity contribution < 1.29 is 9.47 Å². The van der Waals surface area contributed by atoms with Crippen LogP contribution in [-0.4, -0.2) is 48.3 Å². The molecule has 6 heteroatoms. The summed E-state index contributed by atoms with van der Waals surface area (Å²) in [6.45, 7) is 4.30. The molecule has 0 unspecified atom stereocenters. The van der Waals surface area contributed by atoms with Crippen LogP contribution in [0.4, 0.5) is 0 Å². The van der Waals surface area contributed by atoms with Gasteiger partial charge in [-0.15, -0.1) is 11.3 Å². The first-order chi connectivity index (χ1) is 14.2. The SMILES string of the molecule is CN(CCCN1Cc2cc3c(cc2C1=S)OCO3)CCc1csc2ccccc12. The van der Waals surface area contributed by atoms with E-state index >= 15 is 0 Å². The van der Waals surface area contributed by atoms with Gasteiger partial charge in [0.1, 0.15) is 4.99 Å². The zero-order chi connectivity index (χ0) is 19.8. The lowest BCUT2D eigenvalue weighted by molar-refractivity contribution is 0.174. The van der Waals surface area contributed by atoms with Gasteiger partial charge >= 0.3 is 0 Å². The smallest absolute Gasteiger partial charge is 0.231 e. The highest BCUT2D eigenvalue weighted by Crippen LogP contribution is 2.38. The summed E-state index contributed by atoms with van der Waals surface area (Å²) in [5.74, 6) is 1.66. The van der Waals surface area contributed by atoms with E-state index in [9.17, 15) is 0 Å². The maximum Gasteiger partial charge on any atom is 0.231 e. The van der Waals surface area contributed by atoms with Crippen LogP contribution < -0.4 is 9.47 Å². The van der Waals surface area contributed by atoms with Crippen molar-refractivity contribution in [3.05, 3.63) is 58.5 Å². The van der Waals surface area contributed by atoms with Crippen LogP contribution in [0.15, 0.2) is 41.8 Å². The summed E-state index contributed by atoms with van der Waals surface area (Å²) < 4.78 is 12.4. The zero-order valence-corrected chi connectivity index (χ0v) is 18.2. The number of rotatable bonds is 7. The number of benzene rings is 2. The minimum atomic E-state index is 0.308. The molecule has 4 nitrogen and oxygen atoms in total. The first kappa shape index (κ1) is 18.9. The summed E-state index contributed by atoms with van der Waals surface area (Å²) >= 11 is 7.56. The number of thiocarbonyl (C=S) groups is 1. The second-order valence-corrected chi connectivity index (χ2v) is 9.05. The van der Waals surface area contributed by atoms with E-state index in [0.717, 1.165) is 61.1 Å². The van der Waals surface area contributed by atoms with E-state index in [2.05, 4.69) is 52.6 Å². The predicted molar refractivity (Wildman–Crippen MR) is 122 cm³/mol. The number of hydrogen-bond donors (Lipinski definition) is 0. The Balaban J connectivity index is 1.11. The van der Waals surface area contributed by atoms with Crippen LogP contribution in [0.3, 0.4) is 0 Å². The lowest BCUT2D eigenvalue weighted by Crippen LogP contribution is -2.29. The van der Waals surface area contributed by atoms with Crippen molar-refractivity contribution in [3.63, 3.8) is 0 Å². The summed E-state index contributed by atoms with van der Waals surface area (Å²) in [6.07, 6.45) is 2.20. The molecule has 0 radical (unpaired) electrons. The van der Waals surface area contributed by atoms with E-state index < -0.39 is 0 Å². The van der Waals surface area contributed by atoms with Gasteiger partial charge in [0.15, 0.2) is 11.5 Å². The normalized spacial score (nSPS) is 15.0. The molecule has 0 spiro atoms. The highest BCUT2D eigenvalue weighted by atomic mass is 32.1. The van der Waals surface area contributed by atoms with Crippen LogP contribution in [0.5, 0.6) is 11.5 Å². The standard InChI is InChI=1S/C23H24N2O2S2/c1-24(10-7-16-14-29-22-6-3-2-5-18(16)22)8-4-9-25-13-17-11-20-21(27-15-26-20)12-19(17)23(25)28/h2-3,5-6,11-12,14H,4,7-10,13,15H2,1H3. The first-order valence-electron chi connectivity index (χ1n) is 10.0. The third-order valence-electron chi connectivity index (χ3n) is 5.77. The molecule has 150 valence electrons. The van der Waals surface area contributed by atoms with Crippen LogP contribution in [0.1, 0.15) is 23.1 Å². The highest BCUT2D eigenvalue weighted by Gasteiger charge is 2.27. The molecule has 5 rings (SSSR count). The van der Waals surface area contributed by atoms with Gasteiger partial charge in [0.05, 0.1) is 0 Å². The molecule has 0 saturated carbocycles. The molecular formula is C23H24N2O2S2. The Labute approximate surface area is 180 Å². The van der Waals surface area contributed by atoms with Gasteiger partial charge in [-0.25, -0.2) is 0 Å². The molecule has 2 aliphatic rings. The molecule has 0 fully saturated rings. The third kappa shape index (κ3) is 3.72. The number of nitrogens with zero attached hydrogens (tertiary/aromatic N) is 2. The maximum atomic E-state index is 5.71. The fourth-order valence-corrected chi connectivity index (χ4v) is 5.47. The summed E-state index contributed by atoms with van der Waals surface area (Å²) in [4.78, 5) is 5.66. The van der Waals surface area contributed by atoms with Gasteiger partial charge in [-0.2, -0.15) is 0 Å². The predicted octanol–water partition coefficient (Wildman–Crippen LogP) is 4.69. The Kier molecular flexibility index (Phi) is 5.16. The van der Waals surface area contributed by atoms with Gasteiger partial charge in [0, 0.05) is 29.9 Å². The topological polar surface area (TPSA) is 24.9 Å². The Morgan fingerprint density at radius 3 is 2.86 bits per heavy atom. The van der Waals surface area contributed by atoms with E-state index in [1.54, 1.807) is 0 Å². The molecule has 2 aliphatic heterocycles. The van der Waals surface area contributed by atoms with E-state index in [4.69, 9.17) is 21.7 Å². The van der Waals surface area contributed by atoms with Crippen LogP contribution >= 0.6 is 23.6 Å². The molecule has 3 heterocycles. The van der Waals surface area contributed by atoms with E-state index in [1.165, 1.54) is 21.2 Å². The van der Waals surface area contributed by atoms with Gasteiger partial charge in [0.2, 0.25) is 6.79 Å². The molecule has 0 saturated heterocycles. The molecule has 0 bridgehead atoms. The Morgan fingerprint density at radius 1 is 1.14 bits per heavy atom. The van der Waals surface area contributed by atoms with Gasteiger partial charge < -0.3 is 19.3 Å². The molecule has 0 amide bonds. The lowest BCUT2D eigenvalue weighted by Gasteiger charge is -2.21. The average Bonchev–Trinajstić information content (AvgIpc) is 3.43. The highest BCUT2D eigenvalue weighted by molar-refractivity contribution is 7.80. The fraction of sp³-hybridized carbons (Fsp3) is 0.348. The maximum absolute atomic E-state index is 5.71. The lowest BCUT2D eigenvalue weighted by atomic mass is 10.1. The molecule has 3 aromatic rings. The van der Waals surface area contributed by atoms with Crippen molar-refractivity contribution in [2.45, 2.75) is 19.4 Å². The second-order valence-electron chi connectivity index (χ2n) is 7.75. The van der Waals surface area contributed by atoms with Crippen LogP contribution in [0, 0.1) is 0 Å². The van der Waals surface area contributed by atoms with Gasteiger partial charge in [-0.1, -0.05) is 30.4 Å². The quantitative estimate of drug-likeness (QED) is 0.513. The average molecular weight is 425 g/mol. The summed E-state index contributed by atoms with van der Waals surface area (Å²) in [5.41, 5.74) is 3.84. The minimum Gasteiger partial charge on any atom is -0.454 e. The largest absolute Gasteiger partial charge is 0.454 e. The van der Waals surface area contributed by atoms with Crippen LogP contribution in [-0.2, 0) is 13.0 Å². The summed E-state index contributed by atoms with van der Waals surface area (Å²) in [6, 6.07) is 12.8. The van der Waals surface area contributed by atoms with Gasteiger partial charge in [0.25, 0.3) is 0 Å². The molecule has 1 aromatic heterocycles. The molecule has 29 heavy (non-hydrogen) atoms. The Bertz CT molecular complexity index is 1060. The van der Waals surface area contributed by atoms with E-state index in [-0.39, 0.29) is 0 Å². The van der Waals surface area contributed by atoms with Crippen molar-refractivity contribution in [2.75, 3.05) is 33.5 Å². The van der Waals surface area contributed by atoms with Crippen molar-refractivity contribution in [2.24, 2.45) is 0 Å². The van der Waals surface area contributed by atoms with Crippen molar-refractivity contribution >= 4 is 38.6 Å².